The highest BCUT2D eigenvalue weighted by molar-refractivity contribution is 8.00. The third-order valence-corrected chi connectivity index (χ3v) is 6.62. The lowest BCUT2D eigenvalue weighted by atomic mass is 9.75. The van der Waals surface area contributed by atoms with E-state index in [1.165, 1.54) is 18.5 Å². The van der Waals surface area contributed by atoms with Crippen LogP contribution in [0.2, 0.25) is 0 Å². The van der Waals surface area contributed by atoms with Crippen molar-refractivity contribution in [2.45, 2.75) is 70.8 Å². The maximum absolute atomic E-state index is 10.4. The molecule has 1 atom stereocenters. The molecule has 20 heavy (non-hydrogen) atoms. The van der Waals surface area contributed by atoms with Crippen LogP contribution in [0.3, 0.4) is 0 Å². The number of hydrogen-bond donors (Lipinski definition) is 1. The summed E-state index contributed by atoms with van der Waals surface area (Å²) in [7, 11) is 0. The molecule has 114 valence electrons. The third-order valence-electron chi connectivity index (χ3n) is 5.05. The van der Waals surface area contributed by atoms with E-state index in [-0.39, 0.29) is 11.5 Å². The standard InChI is InChI=1S/C17H29NOS/c1-6-17(7-2,20-5)12-18-9-8-13-14(18)10-16(3,4)11-15(13)19/h8-9,15,19H,6-7,10-12H2,1-5H3. The van der Waals surface area contributed by atoms with Crippen LogP contribution in [0, 0.1) is 5.41 Å². The smallest absolute Gasteiger partial charge is 0.0812 e. The quantitative estimate of drug-likeness (QED) is 0.870. The Morgan fingerprint density at radius 1 is 1.40 bits per heavy atom. The van der Waals surface area contributed by atoms with E-state index in [0.29, 0.717) is 4.75 Å². The number of thioether (sulfide) groups is 1. The minimum atomic E-state index is -0.290. The lowest BCUT2D eigenvalue weighted by Gasteiger charge is -2.36. The van der Waals surface area contributed by atoms with Gasteiger partial charge in [-0.15, -0.1) is 0 Å². The molecule has 1 aliphatic carbocycles. The first kappa shape index (κ1) is 16.0. The van der Waals surface area contributed by atoms with Crippen molar-refractivity contribution >= 4 is 11.8 Å². The van der Waals surface area contributed by atoms with Gasteiger partial charge in [0.2, 0.25) is 0 Å². The molecule has 2 rings (SSSR count). The molecular weight excluding hydrogens is 266 g/mol. The molecule has 1 heterocycles. The minimum absolute atomic E-state index is 0.197. The van der Waals surface area contributed by atoms with Crippen LogP contribution in [0.25, 0.3) is 0 Å². The Kier molecular flexibility index (Phi) is 4.60. The van der Waals surface area contributed by atoms with Crippen molar-refractivity contribution in [3.8, 4) is 0 Å². The molecule has 2 nitrogen and oxygen atoms in total. The number of fused-ring (bicyclic) bond motifs is 1. The van der Waals surface area contributed by atoms with Gasteiger partial charge in [-0.2, -0.15) is 11.8 Å². The van der Waals surface area contributed by atoms with Gasteiger partial charge in [0, 0.05) is 28.7 Å². The van der Waals surface area contributed by atoms with Crippen LogP contribution in [-0.2, 0) is 13.0 Å². The van der Waals surface area contributed by atoms with Crippen molar-refractivity contribution in [1.29, 1.82) is 0 Å². The van der Waals surface area contributed by atoms with Gasteiger partial charge in [-0.05, 0) is 43.4 Å². The highest BCUT2D eigenvalue weighted by atomic mass is 32.2. The van der Waals surface area contributed by atoms with E-state index in [1.807, 2.05) is 11.8 Å². The van der Waals surface area contributed by atoms with E-state index in [2.05, 4.69) is 50.8 Å². The first-order valence-corrected chi connectivity index (χ1v) is 9.00. The zero-order valence-corrected chi connectivity index (χ0v) is 14.4. The number of rotatable bonds is 5. The molecule has 0 saturated heterocycles. The number of hydrogen-bond acceptors (Lipinski definition) is 2. The number of nitrogens with zero attached hydrogens (tertiary/aromatic N) is 1. The maximum atomic E-state index is 10.4. The van der Waals surface area contributed by atoms with Crippen LogP contribution in [0.15, 0.2) is 12.3 Å². The fourth-order valence-corrected chi connectivity index (χ4v) is 4.32. The van der Waals surface area contributed by atoms with Crippen LogP contribution < -0.4 is 0 Å². The molecule has 1 aromatic heterocycles. The molecule has 0 aliphatic heterocycles. The second-order valence-corrected chi connectivity index (χ2v) is 8.28. The lowest BCUT2D eigenvalue weighted by molar-refractivity contribution is 0.0977. The number of aromatic nitrogens is 1. The Bertz CT molecular complexity index is 451. The molecule has 1 unspecified atom stereocenters. The first-order valence-electron chi connectivity index (χ1n) is 7.77. The predicted octanol–water partition coefficient (Wildman–Crippen LogP) is 4.42. The van der Waals surface area contributed by atoms with E-state index >= 15 is 0 Å². The normalized spacial score (nSPS) is 21.8. The maximum Gasteiger partial charge on any atom is 0.0812 e. The molecule has 0 spiro atoms. The summed E-state index contributed by atoms with van der Waals surface area (Å²) < 4.78 is 2.72. The van der Waals surface area contributed by atoms with Crippen molar-refractivity contribution in [1.82, 2.24) is 4.57 Å². The first-order chi connectivity index (χ1) is 9.36. The van der Waals surface area contributed by atoms with Crippen molar-refractivity contribution in [3.63, 3.8) is 0 Å². The van der Waals surface area contributed by atoms with Crippen LogP contribution in [0.5, 0.6) is 0 Å². The third kappa shape index (κ3) is 2.94. The fraction of sp³-hybridized carbons (Fsp3) is 0.765. The summed E-state index contributed by atoms with van der Waals surface area (Å²) in [6.45, 7) is 10.2. The molecule has 1 aliphatic rings. The Morgan fingerprint density at radius 3 is 2.60 bits per heavy atom. The average molecular weight is 295 g/mol. The van der Waals surface area contributed by atoms with E-state index in [4.69, 9.17) is 0 Å². The SMILES string of the molecule is CCC(CC)(Cn1ccc2c1CC(C)(C)CC2O)SC. The van der Waals surface area contributed by atoms with E-state index in [9.17, 15) is 5.11 Å². The molecule has 0 amide bonds. The van der Waals surface area contributed by atoms with Crippen LogP contribution in [-0.4, -0.2) is 20.7 Å². The van der Waals surface area contributed by atoms with Crippen molar-refractivity contribution in [2.75, 3.05) is 6.26 Å². The van der Waals surface area contributed by atoms with Gasteiger partial charge in [0.15, 0.2) is 0 Å². The molecule has 0 saturated carbocycles. The van der Waals surface area contributed by atoms with Crippen LogP contribution in [0.4, 0.5) is 0 Å². The second-order valence-electron chi connectivity index (χ2n) is 7.00. The summed E-state index contributed by atoms with van der Waals surface area (Å²) in [5, 5.41) is 10.4. The Labute approximate surface area is 128 Å². The van der Waals surface area contributed by atoms with Gasteiger partial charge in [0.05, 0.1) is 6.10 Å². The molecule has 0 fully saturated rings. The molecule has 3 heteroatoms. The zero-order valence-electron chi connectivity index (χ0n) is 13.6. The highest BCUT2D eigenvalue weighted by Gasteiger charge is 2.34. The molecule has 0 radical (unpaired) electrons. The Balaban J connectivity index is 2.32. The Morgan fingerprint density at radius 2 is 2.05 bits per heavy atom. The van der Waals surface area contributed by atoms with Crippen molar-refractivity contribution in [3.05, 3.63) is 23.5 Å². The summed E-state index contributed by atoms with van der Waals surface area (Å²) in [5.41, 5.74) is 2.71. The molecule has 0 aromatic carbocycles. The van der Waals surface area contributed by atoms with E-state index < -0.39 is 0 Å². The monoisotopic (exact) mass is 295 g/mol. The number of aliphatic hydroxyl groups excluding tert-OH is 1. The fourth-order valence-electron chi connectivity index (χ4n) is 3.47. The largest absolute Gasteiger partial charge is 0.388 e. The molecular formula is C17H29NOS. The summed E-state index contributed by atoms with van der Waals surface area (Å²) in [6, 6.07) is 2.13. The summed E-state index contributed by atoms with van der Waals surface area (Å²) in [4.78, 5) is 0. The van der Waals surface area contributed by atoms with Crippen LogP contribution in [0.1, 0.15) is 64.3 Å². The second kappa shape index (κ2) is 5.76. The topological polar surface area (TPSA) is 25.2 Å². The summed E-state index contributed by atoms with van der Waals surface area (Å²) in [6.07, 6.45) is 8.44. The molecule has 1 N–H and O–H groups in total. The van der Waals surface area contributed by atoms with Gasteiger partial charge in [0.1, 0.15) is 0 Å². The van der Waals surface area contributed by atoms with Gasteiger partial charge in [-0.3, -0.25) is 0 Å². The van der Waals surface area contributed by atoms with Gasteiger partial charge in [0.25, 0.3) is 0 Å². The van der Waals surface area contributed by atoms with Gasteiger partial charge in [-0.1, -0.05) is 27.7 Å². The average Bonchev–Trinajstić information content (AvgIpc) is 2.78. The summed E-state index contributed by atoms with van der Waals surface area (Å²) in [5.74, 6) is 0. The summed E-state index contributed by atoms with van der Waals surface area (Å²) >= 11 is 1.98. The number of aliphatic hydroxyl groups is 1. The Hall–Kier alpha value is -0.410. The minimum Gasteiger partial charge on any atom is -0.388 e. The van der Waals surface area contributed by atoms with Crippen molar-refractivity contribution < 1.29 is 5.11 Å². The molecule has 1 aromatic rings. The predicted molar refractivity (Wildman–Crippen MR) is 88.3 cm³/mol. The van der Waals surface area contributed by atoms with Crippen molar-refractivity contribution in [2.24, 2.45) is 5.41 Å². The van der Waals surface area contributed by atoms with Gasteiger partial charge in [-0.25, -0.2) is 0 Å². The van der Waals surface area contributed by atoms with Crippen LogP contribution >= 0.6 is 11.8 Å². The zero-order chi connectivity index (χ0) is 15.0. The van der Waals surface area contributed by atoms with Gasteiger partial charge < -0.3 is 9.67 Å². The van der Waals surface area contributed by atoms with Gasteiger partial charge >= 0.3 is 0 Å². The molecule has 0 bridgehead atoms. The highest BCUT2D eigenvalue weighted by Crippen LogP contribution is 2.42. The van der Waals surface area contributed by atoms with E-state index in [1.54, 1.807) is 0 Å². The lowest BCUT2D eigenvalue weighted by Crippen LogP contribution is -2.32. The van der Waals surface area contributed by atoms with E-state index in [0.717, 1.165) is 24.9 Å².